The van der Waals surface area contributed by atoms with Crippen LogP contribution >= 0.6 is 0 Å². The van der Waals surface area contributed by atoms with Crippen molar-refractivity contribution in [3.8, 4) is 5.69 Å². The molecule has 0 spiro atoms. The quantitative estimate of drug-likeness (QED) is 0.680. The largest absolute Gasteiger partial charge is 0.271 e. The van der Waals surface area contributed by atoms with Crippen molar-refractivity contribution in [1.29, 1.82) is 0 Å². The molecule has 1 heterocycles. The molecule has 1 aromatic heterocycles. The molecular weight excluding hydrogens is 183 g/mol. The molecule has 0 N–H and O–H groups in total. The maximum Gasteiger partial charge on any atom is 0.271 e. The Hall–Kier alpha value is -1.97. The minimum absolute atomic E-state index is 0.280. The van der Waals surface area contributed by atoms with Gasteiger partial charge >= 0.3 is 0 Å². The molecule has 0 saturated carbocycles. The number of benzene rings is 1. The number of rotatable bonds is 1. The second kappa shape index (κ2) is 3.41. The normalized spacial score (nSPS) is 10.1. The summed E-state index contributed by atoms with van der Waals surface area (Å²) in [6.45, 7) is 0. The monoisotopic (exact) mass is 190 g/mol. The van der Waals surface area contributed by atoms with Crippen LogP contribution in [0.15, 0.2) is 47.4 Å². The second-order valence-electron chi connectivity index (χ2n) is 2.75. The number of hydrogen-bond donors (Lipinski definition) is 0. The summed E-state index contributed by atoms with van der Waals surface area (Å²) >= 11 is 0. The summed E-state index contributed by atoms with van der Waals surface area (Å²) in [7, 11) is 0. The van der Waals surface area contributed by atoms with Crippen LogP contribution in [0.5, 0.6) is 0 Å². The average molecular weight is 190 g/mol. The van der Waals surface area contributed by atoms with Crippen molar-refractivity contribution in [1.82, 2.24) is 9.78 Å². The maximum absolute atomic E-state index is 12.8. The first kappa shape index (κ1) is 8.62. The minimum Gasteiger partial charge on any atom is -0.267 e. The molecule has 4 heteroatoms. The highest BCUT2D eigenvalue weighted by Crippen LogP contribution is 2.05. The molecule has 0 bridgehead atoms. The number of nitrogens with zero attached hydrogens (tertiary/aromatic N) is 2. The molecule has 2 aromatic rings. The van der Waals surface area contributed by atoms with Gasteiger partial charge in [0.15, 0.2) is 0 Å². The Morgan fingerprint density at radius 2 is 2.07 bits per heavy atom. The van der Waals surface area contributed by atoms with E-state index >= 15 is 0 Å². The van der Waals surface area contributed by atoms with E-state index < -0.39 is 0 Å². The van der Waals surface area contributed by atoms with Crippen LogP contribution in [0.3, 0.4) is 0 Å². The molecule has 1 aromatic carbocycles. The third-order valence-corrected chi connectivity index (χ3v) is 1.77. The lowest BCUT2D eigenvalue weighted by Crippen LogP contribution is -2.19. The van der Waals surface area contributed by atoms with Crippen LogP contribution < -0.4 is 5.56 Å². The predicted octanol–water partition coefficient (Wildman–Crippen LogP) is 1.37. The number of aromatic nitrogens is 2. The fourth-order valence-corrected chi connectivity index (χ4v) is 1.16. The molecule has 0 amide bonds. The van der Waals surface area contributed by atoms with E-state index in [4.69, 9.17) is 0 Å². The van der Waals surface area contributed by atoms with Gasteiger partial charge in [-0.05, 0) is 24.3 Å². The molecule has 14 heavy (non-hydrogen) atoms. The third-order valence-electron chi connectivity index (χ3n) is 1.77. The third kappa shape index (κ3) is 1.54. The van der Waals surface area contributed by atoms with E-state index in [1.807, 2.05) is 0 Å². The topological polar surface area (TPSA) is 34.9 Å². The van der Waals surface area contributed by atoms with E-state index in [1.54, 1.807) is 6.07 Å². The lowest BCUT2D eigenvalue weighted by Gasteiger charge is -2.02. The highest BCUT2D eigenvalue weighted by molar-refractivity contribution is 5.30. The average Bonchev–Trinajstić information content (AvgIpc) is 2.18. The van der Waals surface area contributed by atoms with Crippen LogP contribution in [-0.2, 0) is 0 Å². The fraction of sp³-hybridized carbons (Fsp3) is 0. The van der Waals surface area contributed by atoms with E-state index in [1.165, 1.54) is 36.5 Å². The zero-order valence-electron chi connectivity index (χ0n) is 7.22. The fourth-order valence-electron chi connectivity index (χ4n) is 1.16. The summed E-state index contributed by atoms with van der Waals surface area (Å²) in [5.41, 5.74) is 0.147. The minimum atomic E-state index is -0.389. The summed E-state index contributed by atoms with van der Waals surface area (Å²) in [6.07, 6.45) is 1.48. The van der Waals surface area contributed by atoms with Crippen LogP contribution in [0.25, 0.3) is 5.69 Å². The molecule has 2 rings (SSSR count). The first-order valence-corrected chi connectivity index (χ1v) is 4.08. The molecule has 70 valence electrons. The lowest BCUT2D eigenvalue weighted by atomic mass is 10.3. The molecule has 0 aliphatic heterocycles. The number of hydrogen-bond acceptors (Lipinski definition) is 2. The van der Waals surface area contributed by atoms with Gasteiger partial charge in [-0.1, -0.05) is 6.07 Å². The van der Waals surface area contributed by atoms with Crippen molar-refractivity contribution in [2.45, 2.75) is 0 Å². The van der Waals surface area contributed by atoms with Crippen LogP contribution in [0.2, 0.25) is 0 Å². The summed E-state index contributed by atoms with van der Waals surface area (Å²) in [5, 5.41) is 3.83. The standard InChI is InChI=1S/C10H7FN2O/c11-8-3-1-4-9(7-8)13-10(14)5-2-6-12-13/h1-7H. The van der Waals surface area contributed by atoms with Gasteiger partial charge in [0, 0.05) is 12.3 Å². The summed E-state index contributed by atoms with van der Waals surface area (Å²) in [4.78, 5) is 11.3. The Morgan fingerprint density at radius 3 is 2.79 bits per heavy atom. The predicted molar refractivity (Wildman–Crippen MR) is 49.8 cm³/mol. The Morgan fingerprint density at radius 1 is 1.21 bits per heavy atom. The van der Waals surface area contributed by atoms with E-state index in [0.717, 1.165) is 4.68 Å². The Labute approximate surface area is 79.4 Å². The van der Waals surface area contributed by atoms with Gasteiger partial charge in [0.25, 0.3) is 5.56 Å². The molecular formula is C10H7FN2O. The lowest BCUT2D eigenvalue weighted by molar-refractivity contribution is 0.624. The van der Waals surface area contributed by atoms with Crippen molar-refractivity contribution in [3.63, 3.8) is 0 Å². The van der Waals surface area contributed by atoms with Gasteiger partial charge in [0.2, 0.25) is 0 Å². The van der Waals surface area contributed by atoms with Crippen molar-refractivity contribution in [3.05, 3.63) is 58.8 Å². The maximum atomic E-state index is 12.8. The second-order valence-corrected chi connectivity index (χ2v) is 2.75. The van der Waals surface area contributed by atoms with Gasteiger partial charge in [0.05, 0.1) is 5.69 Å². The zero-order chi connectivity index (χ0) is 9.97. The SMILES string of the molecule is O=c1cccnn1-c1cccc(F)c1. The van der Waals surface area contributed by atoms with Gasteiger partial charge in [-0.3, -0.25) is 4.79 Å². The molecule has 0 radical (unpaired) electrons. The van der Waals surface area contributed by atoms with Gasteiger partial charge in [-0.25, -0.2) is 4.39 Å². The first-order valence-electron chi connectivity index (χ1n) is 4.08. The van der Waals surface area contributed by atoms with Crippen molar-refractivity contribution in [2.24, 2.45) is 0 Å². The van der Waals surface area contributed by atoms with Crippen molar-refractivity contribution < 1.29 is 4.39 Å². The Bertz CT molecular complexity index is 507. The van der Waals surface area contributed by atoms with Gasteiger partial charge in [-0.2, -0.15) is 9.78 Å². The number of halogens is 1. The molecule has 0 aliphatic rings. The van der Waals surface area contributed by atoms with Crippen LogP contribution in [-0.4, -0.2) is 9.78 Å². The molecule has 0 saturated heterocycles. The summed E-state index contributed by atoms with van der Waals surface area (Å²) in [5.74, 6) is -0.389. The van der Waals surface area contributed by atoms with Crippen LogP contribution in [0.1, 0.15) is 0 Å². The van der Waals surface area contributed by atoms with Crippen LogP contribution in [0, 0.1) is 5.82 Å². The smallest absolute Gasteiger partial charge is 0.267 e. The highest BCUT2D eigenvalue weighted by Gasteiger charge is 1.99. The van der Waals surface area contributed by atoms with Crippen molar-refractivity contribution in [2.75, 3.05) is 0 Å². The van der Waals surface area contributed by atoms with Crippen LogP contribution in [0.4, 0.5) is 4.39 Å². The van der Waals surface area contributed by atoms with E-state index in [9.17, 15) is 9.18 Å². The summed E-state index contributed by atoms with van der Waals surface area (Å²) in [6, 6.07) is 8.64. The van der Waals surface area contributed by atoms with E-state index in [-0.39, 0.29) is 11.4 Å². The molecule has 0 unspecified atom stereocenters. The first-order chi connectivity index (χ1) is 6.77. The van der Waals surface area contributed by atoms with Crippen molar-refractivity contribution >= 4 is 0 Å². The molecule has 3 nitrogen and oxygen atoms in total. The molecule has 0 atom stereocenters. The highest BCUT2D eigenvalue weighted by atomic mass is 19.1. The van der Waals surface area contributed by atoms with Gasteiger partial charge in [0.1, 0.15) is 5.82 Å². The summed E-state index contributed by atoms with van der Waals surface area (Å²) < 4.78 is 14.0. The molecule has 0 fully saturated rings. The van der Waals surface area contributed by atoms with E-state index in [2.05, 4.69) is 5.10 Å². The molecule has 0 aliphatic carbocycles. The van der Waals surface area contributed by atoms with Gasteiger partial charge < -0.3 is 0 Å². The Balaban J connectivity index is 2.61. The zero-order valence-corrected chi connectivity index (χ0v) is 7.22. The Kier molecular flexibility index (Phi) is 2.10. The van der Waals surface area contributed by atoms with Gasteiger partial charge in [-0.15, -0.1) is 0 Å². The van der Waals surface area contributed by atoms with E-state index in [0.29, 0.717) is 5.69 Å².